The van der Waals surface area contributed by atoms with Gasteiger partial charge in [0, 0.05) is 23.1 Å². The Balaban J connectivity index is 1.42. The van der Waals surface area contributed by atoms with E-state index in [1.165, 1.54) is 0 Å². The number of ether oxygens (including phenoxy) is 1. The fourth-order valence-corrected chi connectivity index (χ4v) is 2.75. The van der Waals surface area contributed by atoms with Crippen LogP contribution in [0, 0.1) is 5.92 Å². The second-order valence-electron chi connectivity index (χ2n) is 6.66. The normalized spacial score (nSPS) is 14.6. The number of anilines is 2. The number of nitrogens with zero attached hydrogens (tertiary/aromatic N) is 1. The Hall–Kier alpha value is -3.35. The van der Waals surface area contributed by atoms with Crippen molar-refractivity contribution >= 4 is 34.2 Å². The lowest BCUT2D eigenvalue weighted by atomic mass is 10.2. The first-order valence-electron chi connectivity index (χ1n) is 8.92. The monoisotopic (exact) mass is 364 g/mol. The van der Waals surface area contributed by atoms with Gasteiger partial charge in [-0.05, 0) is 44.0 Å². The van der Waals surface area contributed by atoms with Crippen LogP contribution >= 0.6 is 0 Å². The Labute approximate surface area is 156 Å². The first-order chi connectivity index (χ1) is 13.1. The van der Waals surface area contributed by atoms with Crippen molar-refractivity contribution in [1.29, 1.82) is 0 Å². The van der Waals surface area contributed by atoms with Crippen molar-refractivity contribution in [3.8, 4) is 5.75 Å². The van der Waals surface area contributed by atoms with E-state index in [1.54, 1.807) is 19.1 Å². The van der Waals surface area contributed by atoms with Gasteiger partial charge in [0.05, 0.1) is 5.52 Å². The van der Waals surface area contributed by atoms with Gasteiger partial charge in [0.1, 0.15) is 5.75 Å². The molecule has 3 aromatic rings. The molecule has 0 saturated heterocycles. The smallest absolute Gasteiger partial charge is 0.265 e. The first-order valence-corrected chi connectivity index (χ1v) is 8.92. The van der Waals surface area contributed by atoms with Crippen LogP contribution in [0.3, 0.4) is 0 Å². The molecule has 1 unspecified atom stereocenters. The minimum atomic E-state index is -0.667. The van der Waals surface area contributed by atoms with Gasteiger partial charge in [-0.25, -0.2) is 0 Å². The van der Waals surface area contributed by atoms with Gasteiger partial charge in [0.25, 0.3) is 5.91 Å². The third-order valence-electron chi connectivity index (χ3n) is 4.45. The topological polar surface area (TPSA) is 96.1 Å². The predicted octanol–water partition coefficient (Wildman–Crippen LogP) is 3.32. The summed E-state index contributed by atoms with van der Waals surface area (Å²) in [6.45, 7) is 1.69. The standard InChI is InChI=1S/C20H20N4O3/c1-12(19(25)21-14-5-3-2-4-6-14)27-15-9-10-16-17(11-15)23-24-18(16)22-20(26)13-7-8-13/h2-6,9-13H,7-8H2,1H3,(H,21,25)(H2,22,23,24,26). The second-order valence-corrected chi connectivity index (χ2v) is 6.66. The zero-order valence-corrected chi connectivity index (χ0v) is 14.9. The molecule has 0 spiro atoms. The highest BCUT2D eigenvalue weighted by atomic mass is 16.5. The molecule has 4 rings (SSSR count). The fourth-order valence-electron chi connectivity index (χ4n) is 2.75. The molecule has 1 atom stereocenters. The Morgan fingerprint density at radius 2 is 1.93 bits per heavy atom. The van der Waals surface area contributed by atoms with E-state index >= 15 is 0 Å². The van der Waals surface area contributed by atoms with Crippen LogP contribution in [0.2, 0.25) is 0 Å². The van der Waals surface area contributed by atoms with Crippen LogP contribution in [0.25, 0.3) is 10.9 Å². The van der Waals surface area contributed by atoms with E-state index in [9.17, 15) is 9.59 Å². The van der Waals surface area contributed by atoms with Crippen LogP contribution in [0.1, 0.15) is 19.8 Å². The average molecular weight is 364 g/mol. The lowest BCUT2D eigenvalue weighted by Gasteiger charge is -2.14. The quantitative estimate of drug-likeness (QED) is 0.625. The number of nitrogens with one attached hydrogen (secondary N) is 3. The largest absolute Gasteiger partial charge is 0.481 e. The number of hydrogen-bond donors (Lipinski definition) is 3. The van der Waals surface area contributed by atoms with E-state index in [-0.39, 0.29) is 17.7 Å². The van der Waals surface area contributed by atoms with Crippen molar-refractivity contribution in [2.75, 3.05) is 10.6 Å². The molecule has 2 amide bonds. The summed E-state index contributed by atoms with van der Waals surface area (Å²) in [6.07, 6.45) is 1.21. The number of hydrogen-bond acceptors (Lipinski definition) is 4. The Morgan fingerprint density at radius 3 is 2.67 bits per heavy atom. The second kappa shape index (κ2) is 7.11. The summed E-state index contributed by atoms with van der Waals surface area (Å²) in [4.78, 5) is 24.2. The zero-order chi connectivity index (χ0) is 18.8. The van der Waals surface area contributed by atoms with Crippen molar-refractivity contribution in [1.82, 2.24) is 10.2 Å². The maximum atomic E-state index is 12.3. The molecule has 1 aliphatic carbocycles. The van der Waals surface area contributed by atoms with Crippen molar-refractivity contribution < 1.29 is 14.3 Å². The molecule has 1 saturated carbocycles. The van der Waals surface area contributed by atoms with Crippen LogP contribution in [-0.4, -0.2) is 28.1 Å². The zero-order valence-electron chi connectivity index (χ0n) is 14.9. The molecule has 1 aliphatic rings. The lowest BCUT2D eigenvalue weighted by Crippen LogP contribution is -2.30. The average Bonchev–Trinajstić information content (AvgIpc) is 3.45. The highest BCUT2D eigenvalue weighted by Gasteiger charge is 2.30. The van der Waals surface area contributed by atoms with Crippen LogP contribution in [0.15, 0.2) is 48.5 Å². The molecule has 2 aromatic carbocycles. The van der Waals surface area contributed by atoms with E-state index in [2.05, 4.69) is 20.8 Å². The molecule has 1 fully saturated rings. The number of carbonyl (C=O) groups excluding carboxylic acids is 2. The molecule has 27 heavy (non-hydrogen) atoms. The molecule has 7 heteroatoms. The third-order valence-corrected chi connectivity index (χ3v) is 4.45. The van der Waals surface area contributed by atoms with Gasteiger partial charge in [-0.15, -0.1) is 0 Å². The Kier molecular flexibility index (Phi) is 4.50. The summed E-state index contributed by atoms with van der Waals surface area (Å²) < 4.78 is 5.75. The summed E-state index contributed by atoms with van der Waals surface area (Å²) in [6, 6.07) is 14.6. The molecular formula is C20H20N4O3. The number of fused-ring (bicyclic) bond motifs is 1. The third kappa shape index (κ3) is 3.92. The molecular weight excluding hydrogens is 344 g/mol. The van der Waals surface area contributed by atoms with Crippen LogP contribution < -0.4 is 15.4 Å². The van der Waals surface area contributed by atoms with Crippen molar-refractivity contribution in [2.24, 2.45) is 5.92 Å². The van der Waals surface area contributed by atoms with Crippen molar-refractivity contribution in [3.63, 3.8) is 0 Å². The number of aromatic nitrogens is 2. The van der Waals surface area contributed by atoms with Crippen LogP contribution in [-0.2, 0) is 9.59 Å². The molecule has 3 N–H and O–H groups in total. The van der Waals surface area contributed by atoms with Crippen LogP contribution in [0.4, 0.5) is 11.5 Å². The number of H-pyrrole nitrogens is 1. The summed E-state index contributed by atoms with van der Waals surface area (Å²) in [5, 5.41) is 13.5. The maximum Gasteiger partial charge on any atom is 0.265 e. The number of rotatable bonds is 6. The summed E-state index contributed by atoms with van der Waals surface area (Å²) in [5.74, 6) is 0.951. The Morgan fingerprint density at radius 1 is 1.15 bits per heavy atom. The van der Waals surface area contributed by atoms with E-state index in [4.69, 9.17) is 4.74 Å². The lowest BCUT2D eigenvalue weighted by molar-refractivity contribution is -0.122. The minimum absolute atomic E-state index is 0.00920. The van der Waals surface area contributed by atoms with Crippen molar-refractivity contribution in [2.45, 2.75) is 25.9 Å². The number of carbonyl (C=O) groups is 2. The van der Waals surface area contributed by atoms with Gasteiger partial charge in [-0.3, -0.25) is 14.7 Å². The molecule has 0 bridgehead atoms. The minimum Gasteiger partial charge on any atom is -0.481 e. The van der Waals surface area contributed by atoms with Gasteiger partial charge in [0.2, 0.25) is 5.91 Å². The predicted molar refractivity (Wildman–Crippen MR) is 103 cm³/mol. The highest BCUT2D eigenvalue weighted by Crippen LogP contribution is 2.31. The number of benzene rings is 2. The molecule has 0 aliphatic heterocycles. The van der Waals surface area contributed by atoms with E-state index in [1.807, 2.05) is 36.4 Å². The highest BCUT2D eigenvalue weighted by molar-refractivity contribution is 6.01. The summed E-state index contributed by atoms with van der Waals surface area (Å²) in [5.41, 5.74) is 1.45. The van der Waals surface area contributed by atoms with E-state index < -0.39 is 6.10 Å². The van der Waals surface area contributed by atoms with E-state index in [0.29, 0.717) is 11.6 Å². The van der Waals surface area contributed by atoms with E-state index in [0.717, 1.165) is 29.4 Å². The van der Waals surface area contributed by atoms with Gasteiger partial charge in [0.15, 0.2) is 11.9 Å². The molecule has 7 nitrogen and oxygen atoms in total. The summed E-state index contributed by atoms with van der Waals surface area (Å²) in [7, 11) is 0. The first kappa shape index (κ1) is 17.1. The van der Waals surface area contributed by atoms with Gasteiger partial charge in [-0.2, -0.15) is 5.10 Å². The maximum absolute atomic E-state index is 12.3. The number of para-hydroxylation sites is 1. The molecule has 1 heterocycles. The number of aromatic amines is 1. The van der Waals surface area contributed by atoms with Crippen LogP contribution in [0.5, 0.6) is 5.75 Å². The van der Waals surface area contributed by atoms with Gasteiger partial charge in [-0.1, -0.05) is 18.2 Å². The Bertz CT molecular complexity index is 979. The molecule has 1 aromatic heterocycles. The summed E-state index contributed by atoms with van der Waals surface area (Å²) >= 11 is 0. The SMILES string of the molecule is CC(Oc1ccc2c(NC(=O)C3CC3)n[nH]c2c1)C(=O)Nc1ccccc1. The molecule has 0 radical (unpaired) electrons. The van der Waals surface area contributed by atoms with Crippen molar-refractivity contribution in [3.05, 3.63) is 48.5 Å². The van der Waals surface area contributed by atoms with Gasteiger partial charge < -0.3 is 15.4 Å². The van der Waals surface area contributed by atoms with Gasteiger partial charge >= 0.3 is 0 Å². The molecule has 138 valence electrons. The number of amides is 2. The fraction of sp³-hybridized carbons (Fsp3) is 0.250.